The zero-order valence-electron chi connectivity index (χ0n) is 10.4. The van der Waals surface area contributed by atoms with Crippen LogP contribution in [0, 0.1) is 11.8 Å². The highest BCUT2D eigenvalue weighted by atomic mass is 32.2. The lowest BCUT2D eigenvalue weighted by Crippen LogP contribution is -2.30. The Balaban J connectivity index is 2.79. The van der Waals surface area contributed by atoms with Gasteiger partial charge in [-0.25, -0.2) is 4.98 Å². The predicted octanol–water partition coefficient (Wildman–Crippen LogP) is 0.907. The maximum Gasteiger partial charge on any atom is 0.271 e. The van der Waals surface area contributed by atoms with Gasteiger partial charge >= 0.3 is 0 Å². The summed E-state index contributed by atoms with van der Waals surface area (Å²) in [5.41, 5.74) is 0.826. The Bertz CT molecular complexity index is 466. The number of carbonyl (C=O) groups excluding carboxylic acids is 1. The summed E-state index contributed by atoms with van der Waals surface area (Å²) in [4.78, 5) is 16.0. The average molecular weight is 264 g/mol. The van der Waals surface area contributed by atoms with Crippen LogP contribution in [0.25, 0.3) is 0 Å². The third-order valence-corrected chi connectivity index (χ3v) is 3.25. The Hall–Kier alpha value is -1.51. The second kappa shape index (κ2) is 7.75. The van der Waals surface area contributed by atoms with Crippen molar-refractivity contribution in [2.45, 2.75) is 12.2 Å². The summed E-state index contributed by atoms with van der Waals surface area (Å²) >= 11 is 1.68. The van der Waals surface area contributed by atoms with Crippen LogP contribution < -0.4 is 5.32 Å². The molecule has 1 unspecified atom stereocenters. The molecule has 1 rings (SSSR count). The van der Waals surface area contributed by atoms with Crippen LogP contribution in [0.3, 0.4) is 0 Å². The SMILES string of the molecule is CSC(C)CNC(=O)c1ncccc1C#CCO. The first kappa shape index (κ1) is 14.6. The molecule has 0 saturated heterocycles. The highest BCUT2D eigenvalue weighted by Crippen LogP contribution is 2.06. The Morgan fingerprint density at radius 2 is 2.44 bits per heavy atom. The van der Waals surface area contributed by atoms with Gasteiger partial charge in [0.2, 0.25) is 0 Å². The first-order chi connectivity index (χ1) is 8.69. The van der Waals surface area contributed by atoms with Gasteiger partial charge in [-0.05, 0) is 18.4 Å². The first-order valence-corrected chi connectivity index (χ1v) is 6.83. The van der Waals surface area contributed by atoms with Gasteiger partial charge in [0.25, 0.3) is 5.91 Å². The molecule has 96 valence electrons. The molecule has 0 fully saturated rings. The minimum absolute atomic E-state index is 0.237. The van der Waals surface area contributed by atoms with Crippen molar-refractivity contribution < 1.29 is 9.90 Å². The molecule has 0 spiro atoms. The summed E-state index contributed by atoms with van der Waals surface area (Å²) in [5, 5.41) is 11.8. The fourth-order valence-electron chi connectivity index (χ4n) is 1.23. The minimum Gasteiger partial charge on any atom is -0.384 e. The van der Waals surface area contributed by atoms with Crippen LogP contribution in [0.4, 0.5) is 0 Å². The van der Waals surface area contributed by atoms with E-state index in [0.717, 1.165) is 0 Å². The van der Waals surface area contributed by atoms with Crippen molar-refractivity contribution in [3.05, 3.63) is 29.6 Å². The van der Waals surface area contributed by atoms with Crippen molar-refractivity contribution in [2.24, 2.45) is 0 Å². The van der Waals surface area contributed by atoms with Crippen LogP contribution in [0.5, 0.6) is 0 Å². The number of aliphatic hydroxyl groups is 1. The molecule has 1 aromatic heterocycles. The second-order valence-electron chi connectivity index (χ2n) is 3.62. The van der Waals surface area contributed by atoms with Gasteiger partial charge in [0.15, 0.2) is 0 Å². The third-order valence-electron chi connectivity index (χ3n) is 2.28. The number of hydrogen-bond acceptors (Lipinski definition) is 4. The molecule has 1 amide bonds. The largest absolute Gasteiger partial charge is 0.384 e. The van der Waals surface area contributed by atoms with E-state index in [0.29, 0.717) is 23.1 Å². The molecule has 0 aromatic carbocycles. The second-order valence-corrected chi connectivity index (χ2v) is 4.89. The van der Waals surface area contributed by atoms with E-state index in [-0.39, 0.29) is 12.5 Å². The normalized spacial score (nSPS) is 11.3. The molecule has 18 heavy (non-hydrogen) atoms. The Labute approximate surface area is 111 Å². The van der Waals surface area contributed by atoms with Crippen LogP contribution in [0.2, 0.25) is 0 Å². The van der Waals surface area contributed by atoms with Crippen molar-refractivity contribution in [2.75, 3.05) is 19.4 Å². The highest BCUT2D eigenvalue weighted by molar-refractivity contribution is 7.99. The molecule has 1 heterocycles. The van der Waals surface area contributed by atoms with Crippen LogP contribution in [-0.4, -0.2) is 40.7 Å². The predicted molar refractivity (Wildman–Crippen MR) is 73.5 cm³/mol. The van der Waals surface area contributed by atoms with Gasteiger partial charge in [-0.15, -0.1) is 0 Å². The van der Waals surface area contributed by atoms with E-state index in [4.69, 9.17) is 5.11 Å². The summed E-state index contributed by atoms with van der Waals surface area (Å²) < 4.78 is 0. The molecular formula is C13H16N2O2S. The zero-order chi connectivity index (χ0) is 13.4. The van der Waals surface area contributed by atoms with Gasteiger partial charge in [-0.1, -0.05) is 18.8 Å². The summed E-state index contributed by atoms with van der Waals surface area (Å²) in [5.74, 6) is 5.00. The van der Waals surface area contributed by atoms with E-state index >= 15 is 0 Å². The number of carbonyl (C=O) groups is 1. The fraction of sp³-hybridized carbons (Fsp3) is 0.385. The van der Waals surface area contributed by atoms with Gasteiger partial charge in [0.05, 0.1) is 5.56 Å². The van der Waals surface area contributed by atoms with E-state index in [1.54, 1.807) is 30.1 Å². The lowest BCUT2D eigenvalue weighted by Gasteiger charge is -2.10. The summed E-state index contributed by atoms with van der Waals surface area (Å²) in [6.45, 7) is 2.39. The average Bonchev–Trinajstić information content (AvgIpc) is 2.42. The quantitative estimate of drug-likeness (QED) is 0.793. The third kappa shape index (κ3) is 4.40. The molecule has 1 aromatic rings. The molecule has 4 nitrogen and oxygen atoms in total. The smallest absolute Gasteiger partial charge is 0.271 e. The maximum atomic E-state index is 11.9. The highest BCUT2D eigenvalue weighted by Gasteiger charge is 2.11. The number of nitrogens with one attached hydrogen (secondary N) is 1. The Kier molecular flexibility index (Phi) is 6.26. The van der Waals surface area contributed by atoms with Crippen molar-refractivity contribution >= 4 is 17.7 Å². The van der Waals surface area contributed by atoms with Gasteiger partial charge in [0, 0.05) is 18.0 Å². The number of hydrogen-bond donors (Lipinski definition) is 2. The monoisotopic (exact) mass is 264 g/mol. The van der Waals surface area contributed by atoms with Crippen molar-refractivity contribution in [3.8, 4) is 11.8 Å². The van der Waals surface area contributed by atoms with E-state index < -0.39 is 0 Å². The Morgan fingerprint density at radius 3 is 3.11 bits per heavy atom. The number of pyridine rings is 1. The molecule has 2 N–H and O–H groups in total. The van der Waals surface area contributed by atoms with Crippen LogP contribution in [-0.2, 0) is 0 Å². The lowest BCUT2D eigenvalue weighted by molar-refractivity contribution is 0.0949. The van der Waals surface area contributed by atoms with Gasteiger partial charge < -0.3 is 10.4 Å². The van der Waals surface area contributed by atoms with E-state index in [9.17, 15) is 4.79 Å². The number of nitrogens with zero attached hydrogens (tertiary/aromatic N) is 1. The fourth-order valence-corrected chi connectivity index (χ4v) is 1.48. The molecule has 0 bridgehead atoms. The minimum atomic E-state index is -0.237. The number of aromatic nitrogens is 1. The van der Waals surface area contributed by atoms with Crippen molar-refractivity contribution in [1.29, 1.82) is 0 Å². The summed E-state index contributed by atoms with van der Waals surface area (Å²) in [6.07, 6.45) is 3.55. The van der Waals surface area contributed by atoms with Crippen molar-refractivity contribution in [1.82, 2.24) is 10.3 Å². The van der Waals surface area contributed by atoms with Gasteiger partial charge in [-0.3, -0.25) is 4.79 Å². The molecule has 5 heteroatoms. The molecule has 0 aliphatic rings. The van der Waals surface area contributed by atoms with E-state index in [2.05, 4.69) is 22.1 Å². The Morgan fingerprint density at radius 1 is 1.67 bits per heavy atom. The van der Waals surface area contributed by atoms with E-state index in [1.807, 2.05) is 13.2 Å². The standard InChI is InChI=1S/C13H16N2O2S/c1-10(18-2)9-15-13(17)12-11(6-4-8-16)5-3-7-14-12/h3,5,7,10,16H,8-9H2,1-2H3,(H,15,17). The first-order valence-electron chi connectivity index (χ1n) is 5.54. The molecule has 0 saturated carbocycles. The lowest BCUT2D eigenvalue weighted by atomic mass is 10.2. The number of aliphatic hydroxyl groups excluding tert-OH is 1. The maximum absolute atomic E-state index is 11.9. The van der Waals surface area contributed by atoms with E-state index in [1.165, 1.54) is 0 Å². The van der Waals surface area contributed by atoms with Gasteiger partial charge in [0.1, 0.15) is 12.3 Å². The molecule has 1 atom stereocenters. The van der Waals surface area contributed by atoms with Crippen LogP contribution >= 0.6 is 11.8 Å². The summed E-state index contributed by atoms with van der Waals surface area (Å²) in [6, 6.07) is 3.42. The van der Waals surface area contributed by atoms with Crippen molar-refractivity contribution in [3.63, 3.8) is 0 Å². The topological polar surface area (TPSA) is 62.2 Å². The summed E-state index contributed by atoms with van der Waals surface area (Å²) in [7, 11) is 0. The molecular weight excluding hydrogens is 248 g/mol. The zero-order valence-corrected chi connectivity index (χ0v) is 11.3. The molecule has 0 radical (unpaired) electrons. The number of thioether (sulfide) groups is 1. The molecule has 0 aliphatic carbocycles. The molecule has 0 aliphatic heterocycles. The van der Waals surface area contributed by atoms with Crippen LogP contribution in [0.1, 0.15) is 23.0 Å². The number of amides is 1. The number of rotatable bonds is 4. The van der Waals surface area contributed by atoms with Gasteiger partial charge in [-0.2, -0.15) is 11.8 Å². The van der Waals surface area contributed by atoms with Crippen LogP contribution in [0.15, 0.2) is 18.3 Å².